The molecular formula is C21H25N3O2S. The number of aliphatic hydroxyl groups is 1. The summed E-state index contributed by atoms with van der Waals surface area (Å²) in [6.07, 6.45) is -0.582. The maximum Gasteiger partial charge on any atom is 0.191 e. The van der Waals surface area contributed by atoms with E-state index in [1.165, 1.54) is 4.70 Å². The van der Waals surface area contributed by atoms with Gasteiger partial charge in [-0.15, -0.1) is 11.3 Å². The molecule has 142 valence electrons. The SMILES string of the molecule is CN=C(NCc1ccccc1COC)NCC(O)c1cc2ccccc2s1. The second-order valence-electron chi connectivity index (χ2n) is 6.21. The Bertz CT molecular complexity index is 874. The van der Waals surface area contributed by atoms with Crippen molar-refractivity contribution in [3.05, 3.63) is 70.6 Å². The lowest BCUT2D eigenvalue weighted by Crippen LogP contribution is -2.39. The Hall–Kier alpha value is -2.41. The van der Waals surface area contributed by atoms with Crippen LogP contribution >= 0.6 is 11.3 Å². The molecule has 0 saturated heterocycles. The minimum absolute atomic E-state index is 0.395. The van der Waals surface area contributed by atoms with Gasteiger partial charge in [0.2, 0.25) is 0 Å². The smallest absolute Gasteiger partial charge is 0.191 e. The number of methoxy groups -OCH3 is 1. The maximum atomic E-state index is 10.5. The Morgan fingerprint density at radius 3 is 2.59 bits per heavy atom. The third kappa shape index (κ3) is 5.07. The van der Waals surface area contributed by atoms with Gasteiger partial charge >= 0.3 is 0 Å². The first kappa shape index (κ1) is 19.4. The van der Waals surface area contributed by atoms with E-state index in [1.54, 1.807) is 25.5 Å². The van der Waals surface area contributed by atoms with Gasteiger partial charge in [0.05, 0.1) is 6.61 Å². The van der Waals surface area contributed by atoms with Crippen LogP contribution in [0.1, 0.15) is 22.1 Å². The number of aliphatic hydroxyl groups excluding tert-OH is 1. The van der Waals surface area contributed by atoms with E-state index >= 15 is 0 Å². The van der Waals surface area contributed by atoms with Gasteiger partial charge < -0.3 is 20.5 Å². The number of ether oxygens (including phenoxy) is 1. The van der Waals surface area contributed by atoms with Crippen LogP contribution in [-0.2, 0) is 17.9 Å². The monoisotopic (exact) mass is 383 g/mol. The lowest BCUT2D eigenvalue weighted by atomic mass is 10.1. The lowest BCUT2D eigenvalue weighted by molar-refractivity contribution is 0.184. The molecule has 1 atom stereocenters. The van der Waals surface area contributed by atoms with E-state index in [9.17, 15) is 5.11 Å². The fraction of sp³-hybridized carbons (Fsp3) is 0.286. The minimum Gasteiger partial charge on any atom is -0.386 e. The molecule has 0 spiro atoms. The van der Waals surface area contributed by atoms with Gasteiger partial charge in [-0.05, 0) is 28.6 Å². The van der Waals surface area contributed by atoms with Crippen molar-refractivity contribution < 1.29 is 9.84 Å². The van der Waals surface area contributed by atoms with Gasteiger partial charge in [0.25, 0.3) is 0 Å². The van der Waals surface area contributed by atoms with Crippen molar-refractivity contribution >= 4 is 27.4 Å². The Balaban J connectivity index is 1.56. The zero-order valence-electron chi connectivity index (χ0n) is 15.6. The number of fused-ring (bicyclic) bond motifs is 1. The van der Waals surface area contributed by atoms with Gasteiger partial charge in [-0.25, -0.2) is 0 Å². The molecule has 0 radical (unpaired) electrons. The first-order valence-electron chi connectivity index (χ1n) is 8.88. The molecule has 0 bridgehead atoms. The second kappa shape index (κ2) is 9.50. The maximum absolute atomic E-state index is 10.5. The molecule has 0 aliphatic carbocycles. The fourth-order valence-corrected chi connectivity index (χ4v) is 3.94. The van der Waals surface area contributed by atoms with Crippen LogP contribution in [0.3, 0.4) is 0 Å². The van der Waals surface area contributed by atoms with Crippen LogP contribution in [0.15, 0.2) is 59.6 Å². The summed E-state index contributed by atoms with van der Waals surface area (Å²) in [4.78, 5) is 5.19. The highest BCUT2D eigenvalue weighted by atomic mass is 32.1. The molecular weight excluding hydrogens is 358 g/mol. The quantitative estimate of drug-likeness (QED) is 0.432. The number of thiophene rings is 1. The van der Waals surface area contributed by atoms with Gasteiger partial charge in [-0.2, -0.15) is 0 Å². The summed E-state index contributed by atoms with van der Waals surface area (Å²) in [6, 6.07) is 18.3. The average molecular weight is 384 g/mol. The van der Waals surface area contributed by atoms with Crippen LogP contribution in [-0.4, -0.2) is 31.8 Å². The highest BCUT2D eigenvalue weighted by Crippen LogP contribution is 2.29. The fourth-order valence-electron chi connectivity index (χ4n) is 2.89. The topological polar surface area (TPSA) is 65.9 Å². The van der Waals surface area contributed by atoms with Crippen molar-refractivity contribution in [2.75, 3.05) is 20.7 Å². The van der Waals surface area contributed by atoms with Crippen LogP contribution in [0, 0.1) is 0 Å². The van der Waals surface area contributed by atoms with Crippen LogP contribution in [0.5, 0.6) is 0 Å². The number of guanidine groups is 1. The number of hydrogen-bond acceptors (Lipinski definition) is 4. The van der Waals surface area contributed by atoms with Gasteiger partial charge in [0, 0.05) is 36.8 Å². The molecule has 6 heteroatoms. The summed E-state index contributed by atoms with van der Waals surface area (Å²) in [5, 5.41) is 18.2. The van der Waals surface area contributed by atoms with Crippen molar-refractivity contribution in [1.82, 2.24) is 10.6 Å². The molecule has 1 unspecified atom stereocenters. The third-order valence-corrected chi connectivity index (χ3v) is 5.54. The lowest BCUT2D eigenvalue weighted by Gasteiger charge is -2.16. The van der Waals surface area contributed by atoms with Crippen LogP contribution in [0.25, 0.3) is 10.1 Å². The Morgan fingerprint density at radius 1 is 1.11 bits per heavy atom. The Morgan fingerprint density at radius 2 is 1.85 bits per heavy atom. The third-order valence-electron chi connectivity index (χ3n) is 4.32. The van der Waals surface area contributed by atoms with E-state index in [-0.39, 0.29) is 0 Å². The normalized spacial score (nSPS) is 12.9. The van der Waals surface area contributed by atoms with Crippen molar-refractivity contribution in [3.8, 4) is 0 Å². The summed E-state index contributed by atoms with van der Waals surface area (Å²) < 4.78 is 6.43. The second-order valence-corrected chi connectivity index (χ2v) is 7.33. The van der Waals surface area contributed by atoms with E-state index < -0.39 is 6.10 Å². The summed E-state index contributed by atoms with van der Waals surface area (Å²) in [7, 11) is 3.42. The summed E-state index contributed by atoms with van der Waals surface area (Å²) in [5.41, 5.74) is 2.31. The van der Waals surface area contributed by atoms with Crippen molar-refractivity contribution in [2.45, 2.75) is 19.3 Å². The van der Waals surface area contributed by atoms with Crippen molar-refractivity contribution in [2.24, 2.45) is 4.99 Å². The van der Waals surface area contributed by atoms with Crippen molar-refractivity contribution in [3.63, 3.8) is 0 Å². The first-order chi connectivity index (χ1) is 13.2. The Labute approximate surface area is 163 Å². The summed E-state index contributed by atoms with van der Waals surface area (Å²) >= 11 is 1.62. The predicted octanol–water partition coefficient (Wildman–Crippen LogP) is 3.45. The van der Waals surface area contributed by atoms with E-state index in [1.807, 2.05) is 30.3 Å². The molecule has 1 aromatic heterocycles. The number of rotatable bonds is 7. The molecule has 27 heavy (non-hydrogen) atoms. The molecule has 0 amide bonds. The molecule has 0 saturated carbocycles. The average Bonchev–Trinajstić information content (AvgIpc) is 3.13. The number of hydrogen-bond donors (Lipinski definition) is 3. The zero-order valence-corrected chi connectivity index (χ0v) is 16.4. The van der Waals surface area contributed by atoms with Gasteiger partial charge in [0.1, 0.15) is 6.10 Å². The summed E-state index contributed by atoms with van der Waals surface area (Å²) in [6.45, 7) is 1.61. The predicted molar refractivity (Wildman–Crippen MR) is 112 cm³/mol. The van der Waals surface area contributed by atoms with Crippen LogP contribution in [0.2, 0.25) is 0 Å². The summed E-state index contributed by atoms with van der Waals surface area (Å²) in [5.74, 6) is 0.655. The van der Waals surface area contributed by atoms with E-state index in [2.05, 4.69) is 39.9 Å². The van der Waals surface area contributed by atoms with Gasteiger partial charge in [0.15, 0.2) is 5.96 Å². The highest BCUT2D eigenvalue weighted by molar-refractivity contribution is 7.19. The van der Waals surface area contributed by atoms with Crippen molar-refractivity contribution in [1.29, 1.82) is 0 Å². The van der Waals surface area contributed by atoms with Gasteiger partial charge in [-0.1, -0.05) is 42.5 Å². The van der Waals surface area contributed by atoms with Crippen LogP contribution in [0.4, 0.5) is 0 Å². The van der Waals surface area contributed by atoms with E-state index in [0.29, 0.717) is 25.7 Å². The minimum atomic E-state index is -0.582. The Kier molecular flexibility index (Phi) is 6.81. The van der Waals surface area contributed by atoms with E-state index in [0.717, 1.165) is 21.4 Å². The molecule has 2 aromatic carbocycles. The standard InChI is InChI=1S/C21H25N3O2S/c1-22-21(23-12-16-8-3-4-9-17(16)14-26-2)24-13-18(25)20-11-15-7-5-6-10-19(15)27-20/h3-11,18,25H,12-14H2,1-2H3,(H2,22,23,24). The molecule has 5 nitrogen and oxygen atoms in total. The largest absolute Gasteiger partial charge is 0.386 e. The highest BCUT2D eigenvalue weighted by Gasteiger charge is 2.12. The molecule has 0 aliphatic rings. The zero-order chi connectivity index (χ0) is 19.1. The number of benzene rings is 2. The van der Waals surface area contributed by atoms with Gasteiger partial charge in [-0.3, -0.25) is 4.99 Å². The first-order valence-corrected chi connectivity index (χ1v) is 9.69. The number of nitrogens with one attached hydrogen (secondary N) is 2. The molecule has 3 aromatic rings. The molecule has 1 heterocycles. The van der Waals surface area contributed by atoms with E-state index in [4.69, 9.17) is 4.74 Å². The molecule has 0 aliphatic heterocycles. The molecule has 0 fully saturated rings. The molecule has 3 N–H and O–H groups in total. The molecule has 3 rings (SSSR count). The number of nitrogens with zero attached hydrogens (tertiary/aromatic N) is 1. The van der Waals surface area contributed by atoms with Crippen LogP contribution < -0.4 is 10.6 Å². The number of aliphatic imine (C=N–C) groups is 1.